The Hall–Kier alpha value is -1.51. The topological polar surface area (TPSA) is 29.5 Å². The highest BCUT2D eigenvalue weighted by Crippen LogP contribution is 2.35. The molecule has 2 atom stereocenters. The van der Waals surface area contributed by atoms with Gasteiger partial charge in [-0.15, -0.1) is 0 Å². The first-order valence-corrected chi connectivity index (χ1v) is 6.32. The zero-order chi connectivity index (χ0) is 11.8. The van der Waals surface area contributed by atoms with Gasteiger partial charge >= 0.3 is 6.09 Å². The van der Waals surface area contributed by atoms with Gasteiger partial charge in [0.1, 0.15) is 6.10 Å². The maximum Gasteiger partial charge on any atom is 0.415 e. The molecule has 1 heterocycles. The number of hydrogen-bond acceptors (Lipinski definition) is 2. The Morgan fingerprint density at radius 3 is 2.65 bits per heavy atom. The molecule has 3 rings (SSSR count). The largest absolute Gasteiger partial charge is 0.444 e. The van der Waals surface area contributed by atoms with E-state index in [1.54, 1.807) is 0 Å². The van der Waals surface area contributed by atoms with E-state index in [2.05, 4.69) is 6.92 Å². The molecule has 90 valence electrons. The molecule has 2 aliphatic rings. The summed E-state index contributed by atoms with van der Waals surface area (Å²) in [4.78, 5) is 13.8. The van der Waals surface area contributed by atoms with E-state index in [1.807, 2.05) is 29.2 Å². The van der Waals surface area contributed by atoms with Crippen molar-refractivity contribution in [2.45, 2.75) is 44.8 Å². The highest BCUT2D eigenvalue weighted by atomic mass is 16.6. The summed E-state index contributed by atoms with van der Waals surface area (Å²) in [5.74, 6) is 0. The molecule has 1 unspecified atom stereocenters. The molecule has 0 aromatic heterocycles. The second-order valence-corrected chi connectivity index (χ2v) is 4.98. The number of rotatable bonds is 1. The number of carbonyl (C=O) groups excluding carboxylic acids is 1. The lowest BCUT2D eigenvalue weighted by Crippen LogP contribution is -2.38. The summed E-state index contributed by atoms with van der Waals surface area (Å²) in [6.45, 7) is 2.05. The quantitative estimate of drug-likeness (QED) is 0.742. The van der Waals surface area contributed by atoms with Crippen LogP contribution in [0.15, 0.2) is 24.3 Å². The monoisotopic (exact) mass is 231 g/mol. The third kappa shape index (κ3) is 1.79. The van der Waals surface area contributed by atoms with Crippen molar-refractivity contribution >= 4 is 11.8 Å². The third-order valence-electron chi connectivity index (χ3n) is 3.76. The van der Waals surface area contributed by atoms with E-state index in [1.165, 1.54) is 18.4 Å². The summed E-state index contributed by atoms with van der Waals surface area (Å²) in [5, 5.41) is 0. The molecule has 1 aromatic rings. The smallest absolute Gasteiger partial charge is 0.415 e. The second kappa shape index (κ2) is 4.06. The van der Waals surface area contributed by atoms with Crippen LogP contribution in [0.1, 0.15) is 31.2 Å². The molecule has 1 aliphatic carbocycles. The molecule has 1 saturated carbocycles. The molecule has 3 heteroatoms. The van der Waals surface area contributed by atoms with Gasteiger partial charge in [0, 0.05) is 5.69 Å². The molecule has 0 N–H and O–H groups in total. The first kappa shape index (κ1) is 10.6. The third-order valence-corrected chi connectivity index (χ3v) is 3.76. The fourth-order valence-corrected chi connectivity index (χ4v) is 2.83. The number of benzene rings is 1. The van der Waals surface area contributed by atoms with Crippen LogP contribution < -0.4 is 4.90 Å². The van der Waals surface area contributed by atoms with Gasteiger partial charge in [-0.1, -0.05) is 24.1 Å². The summed E-state index contributed by atoms with van der Waals surface area (Å²) < 4.78 is 5.45. The Kier molecular flexibility index (Phi) is 2.54. The van der Waals surface area contributed by atoms with Gasteiger partial charge in [-0.2, -0.15) is 0 Å². The van der Waals surface area contributed by atoms with Crippen LogP contribution in [0, 0.1) is 6.92 Å². The van der Waals surface area contributed by atoms with Crippen molar-refractivity contribution in [2.24, 2.45) is 0 Å². The van der Waals surface area contributed by atoms with E-state index in [0.29, 0.717) is 0 Å². The molecule has 2 fully saturated rings. The summed E-state index contributed by atoms with van der Waals surface area (Å²) >= 11 is 0. The van der Waals surface area contributed by atoms with Crippen molar-refractivity contribution in [3.05, 3.63) is 29.8 Å². The van der Waals surface area contributed by atoms with Gasteiger partial charge in [0.2, 0.25) is 0 Å². The fraction of sp³-hybridized carbons (Fsp3) is 0.500. The second-order valence-electron chi connectivity index (χ2n) is 4.98. The molecule has 17 heavy (non-hydrogen) atoms. The van der Waals surface area contributed by atoms with Crippen molar-refractivity contribution in [2.75, 3.05) is 4.90 Å². The Morgan fingerprint density at radius 1 is 1.18 bits per heavy atom. The van der Waals surface area contributed by atoms with Crippen molar-refractivity contribution in [1.82, 2.24) is 0 Å². The van der Waals surface area contributed by atoms with Crippen LogP contribution in [0.4, 0.5) is 10.5 Å². The Bertz CT molecular complexity index is 426. The zero-order valence-electron chi connectivity index (χ0n) is 10.1. The lowest BCUT2D eigenvalue weighted by Gasteiger charge is -2.28. The molecule has 1 aliphatic heterocycles. The number of fused-ring (bicyclic) bond motifs is 1. The first-order chi connectivity index (χ1) is 8.25. The maximum absolute atomic E-state index is 11.9. The Morgan fingerprint density at radius 2 is 1.88 bits per heavy atom. The minimum Gasteiger partial charge on any atom is -0.444 e. The van der Waals surface area contributed by atoms with E-state index in [9.17, 15) is 4.79 Å². The molecule has 0 radical (unpaired) electrons. The van der Waals surface area contributed by atoms with E-state index in [0.717, 1.165) is 18.5 Å². The van der Waals surface area contributed by atoms with Gasteiger partial charge in [0.05, 0.1) is 6.04 Å². The van der Waals surface area contributed by atoms with Crippen LogP contribution in [-0.4, -0.2) is 18.2 Å². The van der Waals surface area contributed by atoms with Crippen LogP contribution in [0.2, 0.25) is 0 Å². The van der Waals surface area contributed by atoms with Crippen LogP contribution in [0.25, 0.3) is 0 Å². The van der Waals surface area contributed by atoms with E-state index in [4.69, 9.17) is 4.74 Å². The van der Waals surface area contributed by atoms with Crippen LogP contribution in [-0.2, 0) is 4.74 Å². The highest BCUT2D eigenvalue weighted by molar-refractivity contribution is 5.90. The van der Waals surface area contributed by atoms with E-state index >= 15 is 0 Å². The summed E-state index contributed by atoms with van der Waals surface area (Å²) in [5.41, 5.74) is 2.18. The van der Waals surface area contributed by atoms with Gasteiger partial charge in [0.15, 0.2) is 0 Å². The molecule has 3 nitrogen and oxygen atoms in total. The number of ether oxygens (including phenoxy) is 1. The van der Waals surface area contributed by atoms with Crippen LogP contribution >= 0.6 is 0 Å². The first-order valence-electron chi connectivity index (χ1n) is 6.32. The van der Waals surface area contributed by atoms with E-state index in [-0.39, 0.29) is 18.2 Å². The van der Waals surface area contributed by atoms with Gasteiger partial charge in [0.25, 0.3) is 0 Å². The van der Waals surface area contributed by atoms with Gasteiger partial charge in [-0.05, 0) is 38.3 Å². The Labute approximate surface area is 101 Å². The van der Waals surface area contributed by atoms with E-state index < -0.39 is 0 Å². The van der Waals surface area contributed by atoms with Crippen molar-refractivity contribution in [3.63, 3.8) is 0 Å². The number of aryl methyl sites for hydroxylation is 1. The number of amides is 1. The van der Waals surface area contributed by atoms with Gasteiger partial charge in [-0.3, -0.25) is 4.90 Å². The molecule has 0 bridgehead atoms. The highest BCUT2D eigenvalue weighted by Gasteiger charge is 2.43. The number of anilines is 1. The van der Waals surface area contributed by atoms with Crippen molar-refractivity contribution in [1.29, 1.82) is 0 Å². The zero-order valence-corrected chi connectivity index (χ0v) is 10.1. The predicted molar refractivity (Wildman–Crippen MR) is 66.2 cm³/mol. The van der Waals surface area contributed by atoms with Crippen LogP contribution in [0.3, 0.4) is 0 Å². The lowest BCUT2D eigenvalue weighted by molar-refractivity contribution is 0.113. The molecular formula is C14H17NO2. The van der Waals surface area contributed by atoms with Crippen molar-refractivity contribution < 1.29 is 9.53 Å². The molecular weight excluding hydrogens is 214 g/mol. The average molecular weight is 231 g/mol. The summed E-state index contributed by atoms with van der Waals surface area (Å²) in [6, 6.07) is 8.34. The summed E-state index contributed by atoms with van der Waals surface area (Å²) in [7, 11) is 0. The number of hydrogen-bond donors (Lipinski definition) is 0. The maximum atomic E-state index is 11.9. The minimum absolute atomic E-state index is 0.109. The summed E-state index contributed by atoms with van der Waals surface area (Å²) in [6.07, 6.45) is 4.38. The van der Waals surface area contributed by atoms with Crippen molar-refractivity contribution in [3.8, 4) is 0 Å². The average Bonchev–Trinajstić information content (AvgIpc) is 2.66. The van der Waals surface area contributed by atoms with Crippen LogP contribution in [0.5, 0.6) is 0 Å². The molecule has 0 spiro atoms. The molecule has 1 aromatic carbocycles. The predicted octanol–water partition coefficient (Wildman–Crippen LogP) is 3.26. The van der Waals surface area contributed by atoms with Gasteiger partial charge < -0.3 is 4.74 Å². The SMILES string of the molecule is Cc1ccc(N2C(=O)O[C@@H]3CCCCC32)cc1. The number of nitrogens with zero attached hydrogens (tertiary/aromatic N) is 1. The lowest BCUT2D eigenvalue weighted by atomic mass is 9.92. The number of carbonyl (C=O) groups is 1. The molecule has 1 amide bonds. The minimum atomic E-state index is -0.175. The molecule has 1 saturated heterocycles. The standard InChI is InChI=1S/C14H17NO2/c1-10-6-8-11(9-7-10)15-12-4-2-3-5-13(12)17-14(15)16/h6-9,12-13H,2-5H2,1H3/t12?,13-/m1/s1. The fourth-order valence-electron chi connectivity index (χ4n) is 2.83. The van der Waals surface area contributed by atoms with Gasteiger partial charge in [-0.25, -0.2) is 4.79 Å². The normalized spacial score (nSPS) is 27.8. The Balaban J connectivity index is 1.90.